The van der Waals surface area contributed by atoms with Gasteiger partial charge in [0.05, 0.1) is 12.0 Å². The molecule has 0 saturated carbocycles. The lowest BCUT2D eigenvalue weighted by atomic mass is 10.1. The molecule has 1 aliphatic rings. The molecule has 23 heavy (non-hydrogen) atoms. The minimum atomic E-state index is -0.365. The first-order valence-electron chi connectivity index (χ1n) is 7.58. The number of amides is 2. The highest BCUT2D eigenvalue weighted by Crippen LogP contribution is 2.17. The Morgan fingerprint density at radius 2 is 2.35 bits per heavy atom. The van der Waals surface area contributed by atoms with Gasteiger partial charge in [-0.25, -0.2) is 14.2 Å². The second-order valence-electron chi connectivity index (χ2n) is 5.70. The van der Waals surface area contributed by atoms with Gasteiger partial charge in [0.25, 0.3) is 0 Å². The number of halogens is 1. The Morgan fingerprint density at radius 3 is 3.00 bits per heavy atom. The highest BCUT2D eigenvalue weighted by molar-refractivity contribution is 5.74. The summed E-state index contributed by atoms with van der Waals surface area (Å²) >= 11 is 0. The molecule has 1 unspecified atom stereocenters. The van der Waals surface area contributed by atoms with Crippen molar-refractivity contribution in [2.24, 2.45) is 5.92 Å². The molecule has 2 amide bonds. The van der Waals surface area contributed by atoms with Gasteiger partial charge in [0.15, 0.2) is 0 Å². The highest BCUT2D eigenvalue weighted by Gasteiger charge is 2.25. The number of carbonyl (C=O) groups is 1. The van der Waals surface area contributed by atoms with Crippen LogP contribution in [0, 0.1) is 11.7 Å². The van der Waals surface area contributed by atoms with Crippen molar-refractivity contribution in [3.8, 4) is 5.69 Å². The molecule has 2 heterocycles. The number of aromatic nitrogens is 2. The molecule has 0 radical (unpaired) electrons. The molecule has 1 saturated heterocycles. The SMILES string of the molecule is O=C(NCc1ccc(-n2ccnc2)c(F)c1)N1CCC(CO)C1. The average molecular weight is 318 g/mol. The third-order valence-corrected chi connectivity index (χ3v) is 4.07. The van der Waals surface area contributed by atoms with Crippen LogP contribution in [-0.4, -0.2) is 45.3 Å². The van der Waals surface area contributed by atoms with E-state index in [-0.39, 0.29) is 30.9 Å². The van der Waals surface area contributed by atoms with E-state index in [1.807, 2.05) is 0 Å². The van der Waals surface area contributed by atoms with Crippen LogP contribution in [0.2, 0.25) is 0 Å². The third kappa shape index (κ3) is 3.50. The van der Waals surface area contributed by atoms with Crippen molar-refractivity contribution in [3.05, 3.63) is 48.3 Å². The molecule has 3 rings (SSSR count). The molecule has 1 aromatic carbocycles. The van der Waals surface area contributed by atoms with Crippen molar-refractivity contribution in [1.82, 2.24) is 19.8 Å². The summed E-state index contributed by atoms with van der Waals surface area (Å²) in [5.41, 5.74) is 1.11. The van der Waals surface area contributed by atoms with Crippen LogP contribution in [0.25, 0.3) is 5.69 Å². The summed E-state index contributed by atoms with van der Waals surface area (Å²) in [5.74, 6) is -0.205. The molecule has 1 fully saturated rings. The summed E-state index contributed by atoms with van der Waals surface area (Å²) in [7, 11) is 0. The molecular weight excluding hydrogens is 299 g/mol. The standard InChI is InChI=1S/C16H19FN4O2/c17-14-7-12(1-2-15(14)21-6-4-18-11-21)8-19-16(23)20-5-3-13(9-20)10-22/h1-2,4,6-7,11,13,22H,3,5,8-10H2,(H,19,23). The van der Waals surface area contributed by atoms with Crippen molar-refractivity contribution >= 4 is 6.03 Å². The minimum absolute atomic E-state index is 0.102. The van der Waals surface area contributed by atoms with E-state index in [0.29, 0.717) is 24.3 Å². The summed E-state index contributed by atoms with van der Waals surface area (Å²) in [4.78, 5) is 17.6. The van der Waals surface area contributed by atoms with E-state index < -0.39 is 0 Å². The molecular formula is C16H19FN4O2. The number of aliphatic hydroxyl groups excluding tert-OH is 1. The van der Waals surface area contributed by atoms with Gasteiger partial charge in [0.2, 0.25) is 0 Å². The molecule has 0 spiro atoms. The van der Waals surface area contributed by atoms with E-state index in [2.05, 4.69) is 10.3 Å². The van der Waals surface area contributed by atoms with Gasteiger partial charge < -0.3 is 19.9 Å². The van der Waals surface area contributed by atoms with E-state index in [0.717, 1.165) is 6.42 Å². The molecule has 1 aromatic heterocycles. The first-order valence-corrected chi connectivity index (χ1v) is 7.58. The average Bonchev–Trinajstić information content (AvgIpc) is 3.24. The zero-order valence-electron chi connectivity index (χ0n) is 12.7. The normalized spacial score (nSPS) is 17.5. The van der Waals surface area contributed by atoms with Gasteiger partial charge >= 0.3 is 6.03 Å². The molecule has 1 aliphatic heterocycles. The summed E-state index contributed by atoms with van der Waals surface area (Å²) in [5, 5.41) is 11.9. The van der Waals surface area contributed by atoms with Crippen molar-refractivity contribution in [2.75, 3.05) is 19.7 Å². The lowest BCUT2D eigenvalue weighted by Gasteiger charge is -2.17. The van der Waals surface area contributed by atoms with Crippen molar-refractivity contribution in [1.29, 1.82) is 0 Å². The molecule has 6 nitrogen and oxygen atoms in total. The Morgan fingerprint density at radius 1 is 1.48 bits per heavy atom. The van der Waals surface area contributed by atoms with Gasteiger partial charge in [0, 0.05) is 44.6 Å². The molecule has 2 aromatic rings. The minimum Gasteiger partial charge on any atom is -0.396 e. The first kappa shape index (κ1) is 15.5. The molecule has 0 aliphatic carbocycles. The molecule has 7 heteroatoms. The quantitative estimate of drug-likeness (QED) is 0.898. The predicted octanol–water partition coefficient (Wildman–Crippen LogP) is 1.54. The zero-order chi connectivity index (χ0) is 16.2. The maximum Gasteiger partial charge on any atom is 0.317 e. The maximum atomic E-state index is 14.1. The first-order chi connectivity index (χ1) is 11.2. The number of imidazole rings is 1. The number of carbonyl (C=O) groups excluding carboxylic acids is 1. The zero-order valence-corrected chi connectivity index (χ0v) is 12.7. The molecule has 1 atom stereocenters. The smallest absolute Gasteiger partial charge is 0.317 e. The summed E-state index contributed by atoms with van der Waals surface area (Å²) < 4.78 is 15.7. The Hall–Kier alpha value is -2.41. The maximum absolute atomic E-state index is 14.1. The van der Waals surface area contributed by atoms with Crippen molar-refractivity contribution in [3.63, 3.8) is 0 Å². The van der Waals surface area contributed by atoms with Crippen LogP contribution >= 0.6 is 0 Å². The van der Waals surface area contributed by atoms with E-state index in [1.54, 1.807) is 34.0 Å². The topological polar surface area (TPSA) is 70.4 Å². The fourth-order valence-electron chi connectivity index (χ4n) is 2.73. The van der Waals surface area contributed by atoms with E-state index in [9.17, 15) is 9.18 Å². The fourth-order valence-corrected chi connectivity index (χ4v) is 2.73. The van der Waals surface area contributed by atoms with Crippen LogP contribution in [-0.2, 0) is 6.54 Å². The van der Waals surface area contributed by atoms with Crippen LogP contribution in [0.4, 0.5) is 9.18 Å². The van der Waals surface area contributed by atoms with E-state index in [1.165, 1.54) is 12.4 Å². The molecule has 2 N–H and O–H groups in total. The highest BCUT2D eigenvalue weighted by atomic mass is 19.1. The third-order valence-electron chi connectivity index (χ3n) is 4.07. The summed E-state index contributed by atoms with van der Waals surface area (Å²) in [6.45, 7) is 1.58. The lowest BCUT2D eigenvalue weighted by Crippen LogP contribution is -2.38. The van der Waals surface area contributed by atoms with Crippen molar-refractivity contribution in [2.45, 2.75) is 13.0 Å². The van der Waals surface area contributed by atoms with E-state index in [4.69, 9.17) is 5.11 Å². The predicted molar refractivity (Wildman–Crippen MR) is 82.5 cm³/mol. The number of aliphatic hydroxyl groups is 1. The number of rotatable bonds is 4. The van der Waals surface area contributed by atoms with E-state index >= 15 is 0 Å². The van der Waals surface area contributed by atoms with Crippen molar-refractivity contribution < 1.29 is 14.3 Å². The number of urea groups is 1. The van der Waals surface area contributed by atoms with Gasteiger partial charge in [-0.3, -0.25) is 0 Å². The van der Waals surface area contributed by atoms with Crippen LogP contribution < -0.4 is 5.32 Å². The van der Waals surface area contributed by atoms with Gasteiger partial charge in [-0.05, 0) is 24.1 Å². The number of nitrogens with zero attached hydrogens (tertiary/aromatic N) is 3. The van der Waals surface area contributed by atoms with Gasteiger partial charge in [-0.1, -0.05) is 6.07 Å². The number of nitrogens with one attached hydrogen (secondary N) is 1. The fraction of sp³-hybridized carbons (Fsp3) is 0.375. The number of benzene rings is 1. The Kier molecular flexibility index (Phi) is 4.57. The van der Waals surface area contributed by atoms with Crippen LogP contribution in [0.15, 0.2) is 36.9 Å². The number of hydrogen-bond donors (Lipinski definition) is 2. The number of hydrogen-bond acceptors (Lipinski definition) is 3. The Bertz CT molecular complexity index is 675. The molecule has 0 bridgehead atoms. The summed E-state index contributed by atoms with van der Waals surface area (Å²) in [6, 6.07) is 4.67. The van der Waals surface area contributed by atoms with Crippen LogP contribution in [0.5, 0.6) is 0 Å². The number of likely N-dealkylation sites (tertiary alicyclic amines) is 1. The van der Waals surface area contributed by atoms with Gasteiger partial charge in [-0.15, -0.1) is 0 Å². The second-order valence-corrected chi connectivity index (χ2v) is 5.70. The Labute approximate surface area is 133 Å². The van der Waals surface area contributed by atoms with Crippen LogP contribution in [0.1, 0.15) is 12.0 Å². The lowest BCUT2D eigenvalue weighted by molar-refractivity contribution is 0.198. The Balaban J connectivity index is 1.58. The largest absolute Gasteiger partial charge is 0.396 e. The summed E-state index contributed by atoms with van der Waals surface area (Å²) in [6.07, 6.45) is 5.61. The van der Waals surface area contributed by atoms with Crippen LogP contribution in [0.3, 0.4) is 0 Å². The molecule has 122 valence electrons. The monoisotopic (exact) mass is 318 g/mol. The second kappa shape index (κ2) is 6.78. The van der Waals surface area contributed by atoms with Gasteiger partial charge in [-0.2, -0.15) is 0 Å². The van der Waals surface area contributed by atoms with Gasteiger partial charge in [0.1, 0.15) is 5.82 Å².